The Labute approximate surface area is 134 Å². The largest absolute Gasteiger partial charge is 0.481 e. The zero-order valence-corrected chi connectivity index (χ0v) is 13.2. The number of aryl methyl sites for hydroxylation is 1. The van der Waals surface area contributed by atoms with E-state index in [1.807, 2.05) is 18.2 Å². The number of carboxylic acids is 1. The highest BCUT2D eigenvalue weighted by atomic mass is 16.4. The number of aromatic nitrogens is 2. The number of fused-ring (bicyclic) bond motifs is 1. The second-order valence-corrected chi connectivity index (χ2v) is 6.36. The number of benzene rings is 1. The lowest BCUT2D eigenvalue weighted by atomic mass is 9.82. The van der Waals surface area contributed by atoms with E-state index < -0.39 is 5.97 Å². The zero-order chi connectivity index (χ0) is 16.6. The number of hydrogen-bond donors (Lipinski definition) is 1. The van der Waals surface area contributed by atoms with Crippen molar-refractivity contribution in [2.45, 2.75) is 32.2 Å². The van der Waals surface area contributed by atoms with Crippen molar-refractivity contribution in [3.05, 3.63) is 34.2 Å². The third-order valence-corrected chi connectivity index (χ3v) is 4.95. The predicted octanol–water partition coefficient (Wildman–Crippen LogP) is 2.21. The van der Waals surface area contributed by atoms with Gasteiger partial charge in [0.05, 0.1) is 17.0 Å². The van der Waals surface area contributed by atoms with Gasteiger partial charge < -0.3 is 5.11 Å². The highest BCUT2D eigenvalue weighted by molar-refractivity contribution is 5.78. The minimum Gasteiger partial charge on any atom is -0.481 e. The van der Waals surface area contributed by atoms with Crippen LogP contribution in [0.3, 0.4) is 0 Å². The quantitative estimate of drug-likeness (QED) is 0.884. The summed E-state index contributed by atoms with van der Waals surface area (Å²) in [6, 6.07) is 5.59. The Bertz CT molecular complexity index is 845. The summed E-state index contributed by atoms with van der Waals surface area (Å²) in [6.07, 6.45) is 8.53. The normalized spacial score (nSPS) is 21.2. The molecular weight excluding hydrogens is 292 g/mol. The number of rotatable bonds is 3. The van der Waals surface area contributed by atoms with E-state index in [0.717, 1.165) is 29.4 Å². The van der Waals surface area contributed by atoms with Crippen LogP contribution in [-0.4, -0.2) is 20.2 Å². The van der Waals surface area contributed by atoms with Crippen molar-refractivity contribution in [3.63, 3.8) is 0 Å². The molecule has 5 nitrogen and oxygen atoms in total. The van der Waals surface area contributed by atoms with E-state index in [4.69, 9.17) is 11.5 Å². The summed E-state index contributed by atoms with van der Waals surface area (Å²) >= 11 is 0. The number of carboxylic acid groups (broad SMARTS) is 1. The lowest BCUT2D eigenvalue weighted by Gasteiger charge is -2.26. The van der Waals surface area contributed by atoms with Gasteiger partial charge in [0.1, 0.15) is 0 Å². The monoisotopic (exact) mass is 312 g/mol. The Kier molecular flexibility index (Phi) is 3.99. The van der Waals surface area contributed by atoms with Gasteiger partial charge in [-0.1, -0.05) is 5.92 Å². The number of terminal acetylenes is 1. The molecule has 1 N–H and O–H groups in total. The van der Waals surface area contributed by atoms with E-state index in [9.17, 15) is 9.59 Å². The molecule has 2 aromatic rings. The minimum atomic E-state index is -0.704. The Morgan fingerprint density at radius 2 is 2.00 bits per heavy atom. The van der Waals surface area contributed by atoms with E-state index >= 15 is 0 Å². The molecule has 23 heavy (non-hydrogen) atoms. The van der Waals surface area contributed by atoms with Gasteiger partial charge in [0.25, 0.3) is 0 Å². The molecule has 0 unspecified atom stereocenters. The molecule has 0 amide bonds. The topological polar surface area (TPSA) is 64.2 Å². The van der Waals surface area contributed by atoms with Crippen LogP contribution in [0.1, 0.15) is 31.2 Å². The maximum atomic E-state index is 12.5. The molecule has 1 aliphatic rings. The van der Waals surface area contributed by atoms with Crippen LogP contribution in [0.5, 0.6) is 0 Å². The van der Waals surface area contributed by atoms with Gasteiger partial charge in [-0.05, 0) is 49.8 Å². The van der Waals surface area contributed by atoms with Gasteiger partial charge in [0.15, 0.2) is 0 Å². The number of imidazole rings is 1. The lowest BCUT2D eigenvalue weighted by Crippen LogP contribution is -2.28. The first-order chi connectivity index (χ1) is 11.0. The molecule has 1 saturated carbocycles. The van der Waals surface area contributed by atoms with E-state index in [0.29, 0.717) is 25.3 Å². The molecule has 120 valence electrons. The van der Waals surface area contributed by atoms with Gasteiger partial charge in [0.2, 0.25) is 0 Å². The molecule has 0 saturated heterocycles. The van der Waals surface area contributed by atoms with E-state index in [1.54, 1.807) is 16.2 Å². The molecule has 0 bridgehead atoms. The van der Waals surface area contributed by atoms with Crippen molar-refractivity contribution < 1.29 is 9.90 Å². The second kappa shape index (κ2) is 5.96. The maximum absolute atomic E-state index is 12.5. The summed E-state index contributed by atoms with van der Waals surface area (Å²) in [5.41, 5.74) is 2.43. The number of hydrogen-bond acceptors (Lipinski definition) is 2. The van der Waals surface area contributed by atoms with E-state index in [2.05, 4.69) is 5.92 Å². The molecule has 5 heteroatoms. The molecular formula is C18H20N2O3. The molecule has 0 spiro atoms. The van der Waals surface area contributed by atoms with Crippen LogP contribution in [-0.2, 0) is 18.4 Å². The van der Waals surface area contributed by atoms with Crippen LogP contribution in [0.25, 0.3) is 11.0 Å². The van der Waals surface area contributed by atoms with Crippen molar-refractivity contribution in [1.82, 2.24) is 9.13 Å². The summed E-state index contributed by atoms with van der Waals surface area (Å²) in [7, 11) is 1.76. The summed E-state index contributed by atoms with van der Waals surface area (Å²) < 4.78 is 3.42. The van der Waals surface area contributed by atoms with Crippen LogP contribution in [0.2, 0.25) is 0 Å². The number of nitrogens with zero attached hydrogens (tertiary/aromatic N) is 2. The Hall–Kier alpha value is -2.48. The molecule has 1 aromatic heterocycles. The molecule has 0 aliphatic heterocycles. The molecule has 1 aromatic carbocycles. The Balaban J connectivity index is 1.89. The number of carbonyl (C=O) groups is 1. The van der Waals surface area contributed by atoms with E-state index in [1.165, 1.54) is 0 Å². The molecule has 3 rings (SSSR count). The second-order valence-electron chi connectivity index (χ2n) is 6.36. The van der Waals surface area contributed by atoms with Crippen LogP contribution in [0.4, 0.5) is 0 Å². The average molecular weight is 312 g/mol. The standard InChI is InChI=1S/C18H20N2O3/c1-3-12-6-9-15-16(10-12)20(18(23)19(15)2)11-13-4-7-14(8-5-13)17(21)22/h1,6,9-10,13-14H,4-5,7-8,11H2,2H3,(H,21,22)/t13-,14-. The van der Waals surface area contributed by atoms with Crippen molar-refractivity contribution in [3.8, 4) is 12.3 Å². The fourth-order valence-electron chi connectivity index (χ4n) is 3.53. The SMILES string of the molecule is C#Cc1ccc2c(c1)n(C[C@H]1CC[C@H](C(=O)O)CC1)c(=O)n2C. The van der Waals surface area contributed by atoms with E-state index in [-0.39, 0.29) is 11.6 Å². The van der Waals surface area contributed by atoms with Gasteiger partial charge in [-0.15, -0.1) is 6.42 Å². The first-order valence-corrected chi connectivity index (χ1v) is 7.90. The third kappa shape index (κ3) is 2.77. The smallest absolute Gasteiger partial charge is 0.328 e. The first-order valence-electron chi connectivity index (χ1n) is 7.90. The van der Waals surface area contributed by atoms with Gasteiger partial charge in [-0.2, -0.15) is 0 Å². The van der Waals surface area contributed by atoms with Crippen LogP contribution >= 0.6 is 0 Å². The van der Waals surface area contributed by atoms with Crippen LogP contribution in [0, 0.1) is 24.2 Å². The minimum absolute atomic E-state index is 0.0467. The zero-order valence-electron chi connectivity index (χ0n) is 13.2. The fourth-order valence-corrected chi connectivity index (χ4v) is 3.53. The highest BCUT2D eigenvalue weighted by Gasteiger charge is 2.27. The predicted molar refractivity (Wildman–Crippen MR) is 88.2 cm³/mol. The third-order valence-electron chi connectivity index (χ3n) is 4.95. The Morgan fingerprint density at radius 3 is 2.61 bits per heavy atom. The van der Waals surface area contributed by atoms with Gasteiger partial charge in [-0.3, -0.25) is 13.9 Å². The Morgan fingerprint density at radius 1 is 1.30 bits per heavy atom. The summed E-state index contributed by atoms with van der Waals surface area (Å²) in [4.78, 5) is 23.6. The van der Waals surface area contributed by atoms with Gasteiger partial charge >= 0.3 is 11.7 Å². The molecule has 0 radical (unpaired) electrons. The molecule has 1 fully saturated rings. The summed E-state index contributed by atoms with van der Waals surface area (Å²) in [5, 5.41) is 9.08. The van der Waals surface area contributed by atoms with Crippen LogP contribution < -0.4 is 5.69 Å². The van der Waals surface area contributed by atoms with Crippen molar-refractivity contribution in [1.29, 1.82) is 0 Å². The number of aliphatic carboxylic acids is 1. The van der Waals surface area contributed by atoms with Crippen molar-refractivity contribution in [2.24, 2.45) is 18.9 Å². The first kappa shape index (κ1) is 15.4. The van der Waals surface area contributed by atoms with Crippen LogP contribution in [0.15, 0.2) is 23.0 Å². The molecule has 0 atom stereocenters. The molecule has 1 heterocycles. The van der Waals surface area contributed by atoms with Gasteiger partial charge in [0, 0.05) is 19.2 Å². The van der Waals surface area contributed by atoms with Gasteiger partial charge in [-0.25, -0.2) is 4.79 Å². The summed E-state index contributed by atoms with van der Waals surface area (Å²) in [5.74, 6) is 2.01. The summed E-state index contributed by atoms with van der Waals surface area (Å²) in [6.45, 7) is 0.622. The van der Waals surface area contributed by atoms with Crippen molar-refractivity contribution >= 4 is 17.0 Å². The highest BCUT2D eigenvalue weighted by Crippen LogP contribution is 2.30. The lowest BCUT2D eigenvalue weighted by molar-refractivity contribution is -0.143. The molecule has 1 aliphatic carbocycles. The van der Waals surface area contributed by atoms with Crippen molar-refractivity contribution in [2.75, 3.05) is 0 Å². The fraction of sp³-hybridized carbons (Fsp3) is 0.444. The average Bonchev–Trinajstić information content (AvgIpc) is 2.80. The maximum Gasteiger partial charge on any atom is 0.328 e.